The SMILES string of the molecule is CC1(C(=O)O)CCN(Cc2cn(-c3ccccc3)nc2-c2ccccc2)C1. The van der Waals surface area contributed by atoms with Crippen molar-refractivity contribution in [1.29, 1.82) is 0 Å². The largest absolute Gasteiger partial charge is 0.481 e. The number of nitrogens with zero attached hydrogens (tertiary/aromatic N) is 3. The molecule has 1 aromatic heterocycles. The van der Waals surface area contributed by atoms with Crippen molar-refractivity contribution in [3.05, 3.63) is 72.4 Å². The Bertz CT molecular complexity index is 937. The molecule has 1 atom stereocenters. The number of hydrogen-bond acceptors (Lipinski definition) is 3. The van der Waals surface area contributed by atoms with Crippen LogP contribution in [0.3, 0.4) is 0 Å². The molecule has 27 heavy (non-hydrogen) atoms. The van der Waals surface area contributed by atoms with E-state index in [2.05, 4.69) is 23.2 Å². The number of hydrogen-bond donors (Lipinski definition) is 1. The second-order valence-corrected chi connectivity index (χ2v) is 7.48. The third-order valence-corrected chi connectivity index (χ3v) is 5.32. The first-order chi connectivity index (χ1) is 13.0. The molecule has 1 unspecified atom stereocenters. The van der Waals surface area contributed by atoms with Crippen LogP contribution in [0.2, 0.25) is 0 Å². The number of aromatic nitrogens is 2. The van der Waals surface area contributed by atoms with E-state index in [1.165, 1.54) is 0 Å². The van der Waals surface area contributed by atoms with E-state index in [9.17, 15) is 9.90 Å². The van der Waals surface area contributed by atoms with Crippen molar-refractivity contribution < 1.29 is 9.90 Å². The van der Waals surface area contributed by atoms with Gasteiger partial charge in [0.2, 0.25) is 0 Å². The number of rotatable bonds is 5. The number of para-hydroxylation sites is 1. The highest BCUT2D eigenvalue weighted by Gasteiger charge is 2.40. The maximum absolute atomic E-state index is 11.6. The molecule has 0 amide bonds. The third-order valence-electron chi connectivity index (χ3n) is 5.32. The van der Waals surface area contributed by atoms with Gasteiger partial charge in [0.1, 0.15) is 0 Å². The molecule has 1 fully saturated rings. The van der Waals surface area contributed by atoms with Crippen LogP contribution in [-0.2, 0) is 11.3 Å². The number of carboxylic acid groups (broad SMARTS) is 1. The van der Waals surface area contributed by atoms with Crippen LogP contribution in [-0.4, -0.2) is 38.8 Å². The predicted molar refractivity (Wildman–Crippen MR) is 105 cm³/mol. The standard InChI is InChI=1S/C22H23N3O2/c1-22(21(26)27)12-13-24(16-22)14-18-15-25(19-10-6-3-7-11-19)23-20(18)17-8-4-2-5-9-17/h2-11,15H,12-14,16H2,1H3,(H,26,27). The lowest BCUT2D eigenvalue weighted by molar-refractivity contribution is -0.147. The van der Waals surface area contributed by atoms with Crippen molar-refractivity contribution in [2.75, 3.05) is 13.1 Å². The zero-order valence-electron chi connectivity index (χ0n) is 15.4. The zero-order valence-corrected chi connectivity index (χ0v) is 15.4. The van der Waals surface area contributed by atoms with Crippen LogP contribution in [0.25, 0.3) is 16.9 Å². The normalized spacial score (nSPS) is 20.0. The summed E-state index contributed by atoms with van der Waals surface area (Å²) < 4.78 is 1.91. The molecule has 0 spiro atoms. The van der Waals surface area contributed by atoms with Crippen molar-refractivity contribution in [2.24, 2.45) is 5.41 Å². The Balaban J connectivity index is 1.67. The number of carboxylic acids is 1. The van der Waals surface area contributed by atoms with E-state index >= 15 is 0 Å². The van der Waals surface area contributed by atoms with Crippen LogP contribution in [0, 0.1) is 5.41 Å². The minimum Gasteiger partial charge on any atom is -0.481 e. The van der Waals surface area contributed by atoms with Gasteiger partial charge in [-0.2, -0.15) is 5.10 Å². The van der Waals surface area contributed by atoms with Gasteiger partial charge < -0.3 is 5.11 Å². The Labute approximate surface area is 158 Å². The molecule has 0 saturated carbocycles. The zero-order chi connectivity index (χ0) is 18.9. The Morgan fingerprint density at radius 3 is 2.41 bits per heavy atom. The summed E-state index contributed by atoms with van der Waals surface area (Å²) in [5.74, 6) is -0.715. The maximum Gasteiger partial charge on any atom is 0.310 e. The quantitative estimate of drug-likeness (QED) is 0.750. The van der Waals surface area contributed by atoms with Gasteiger partial charge in [0.15, 0.2) is 0 Å². The predicted octanol–water partition coefficient (Wildman–Crippen LogP) is 3.84. The van der Waals surface area contributed by atoms with Gasteiger partial charge in [-0.3, -0.25) is 9.69 Å². The lowest BCUT2D eigenvalue weighted by atomic mass is 9.90. The Hall–Kier alpha value is -2.92. The molecule has 0 radical (unpaired) electrons. The molecule has 3 aromatic rings. The minimum absolute atomic E-state index is 0.563. The van der Waals surface area contributed by atoms with Gasteiger partial charge >= 0.3 is 5.97 Å². The summed E-state index contributed by atoms with van der Waals surface area (Å²) in [6.07, 6.45) is 2.74. The monoisotopic (exact) mass is 361 g/mol. The van der Waals surface area contributed by atoms with Crippen molar-refractivity contribution in [3.63, 3.8) is 0 Å². The average Bonchev–Trinajstić information content (AvgIpc) is 3.28. The van der Waals surface area contributed by atoms with E-state index in [1.807, 2.05) is 60.1 Å². The smallest absolute Gasteiger partial charge is 0.310 e. The summed E-state index contributed by atoms with van der Waals surface area (Å²) in [4.78, 5) is 13.8. The first-order valence-electron chi connectivity index (χ1n) is 9.20. The van der Waals surface area contributed by atoms with Crippen LogP contribution >= 0.6 is 0 Å². The first kappa shape index (κ1) is 17.5. The molecule has 1 saturated heterocycles. The fourth-order valence-electron chi connectivity index (χ4n) is 3.68. The molecule has 2 aromatic carbocycles. The number of carbonyl (C=O) groups is 1. The highest BCUT2D eigenvalue weighted by atomic mass is 16.4. The summed E-state index contributed by atoms with van der Waals surface area (Å²) in [7, 11) is 0. The van der Waals surface area contributed by atoms with Crippen LogP contribution < -0.4 is 0 Å². The van der Waals surface area contributed by atoms with Crippen LogP contribution in [0.1, 0.15) is 18.9 Å². The van der Waals surface area contributed by atoms with E-state index < -0.39 is 11.4 Å². The summed E-state index contributed by atoms with van der Waals surface area (Å²) in [5, 5.41) is 14.3. The molecule has 138 valence electrons. The maximum atomic E-state index is 11.6. The molecular weight excluding hydrogens is 338 g/mol. The van der Waals surface area contributed by atoms with Gasteiger partial charge in [-0.1, -0.05) is 48.5 Å². The number of benzene rings is 2. The van der Waals surface area contributed by atoms with Crippen LogP contribution in [0.4, 0.5) is 0 Å². The van der Waals surface area contributed by atoms with Gasteiger partial charge in [-0.25, -0.2) is 4.68 Å². The molecule has 0 aliphatic carbocycles. The van der Waals surface area contributed by atoms with Crippen molar-refractivity contribution >= 4 is 5.97 Å². The highest BCUT2D eigenvalue weighted by Crippen LogP contribution is 2.32. The van der Waals surface area contributed by atoms with E-state index in [0.29, 0.717) is 19.5 Å². The van der Waals surface area contributed by atoms with Crippen molar-refractivity contribution in [3.8, 4) is 16.9 Å². The fraction of sp³-hybridized carbons (Fsp3) is 0.273. The van der Waals surface area contributed by atoms with E-state index in [1.54, 1.807) is 0 Å². The molecule has 1 aliphatic heterocycles. The van der Waals surface area contributed by atoms with Gasteiger partial charge in [-0.05, 0) is 32.0 Å². The van der Waals surface area contributed by atoms with E-state index in [4.69, 9.17) is 5.10 Å². The molecular formula is C22H23N3O2. The molecule has 1 N–H and O–H groups in total. The molecule has 4 rings (SSSR count). The van der Waals surface area contributed by atoms with Gasteiger partial charge in [0, 0.05) is 30.4 Å². The summed E-state index contributed by atoms with van der Waals surface area (Å²) >= 11 is 0. The van der Waals surface area contributed by atoms with Crippen LogP contribution in [0.5, 0.6) is 0 Å². The Kier molecular flexibility index (Phi) is 4.54. The van der Waals surface area contributed by atoms with E-state index in [-0.39, 0.29) is 0 Å². The van der Waals surface area contributed by atoms with Gasteiger partial charge in [-0.15, -0.1) is 0 Å². The second kappa shape index (κ2) is 7.00. The van der Waals surface area contributed by atoms with Gasteiger partial charge in [0.25, 0.3) is 0 Å². The molecule has 5 nitrogen and oxygen atoms in total. The number of likely N-dealkylation sites (tertiary alicyclic amines) is 1. The average molecular weight is 361 g/mol. The molecule has 2 heterocycles. The highest BCUT2D eigenvalue weighted by molar-refractivity contribution is 5.75. The van der Waals surface area contributed by atoms with Crippen LogP contribution in [0.15, 0.2) is 66.9 Å². The van der Waals surface area contributed by atoms with Crippen molar-refractivity contribution in [2.45, 2.75) is 19.9 Å². The molecule has 1 aliphatic rings. The summed E-state index contributed by atoms with van der Waals surface area (Å²) in [6, 6.07) is 20.2. The lowest BCUT2D eigenvalue weighted by Crippen LogP contribution is -2.31. The molecule has 0 bridgehead atoms. The first-order valence-corrected chi connectivity index (χ1v) is 9.20. The second-order valence-electron chi connectivity index (χ2n) is 7.48. The van der Waals surface area contributed by atoms with Crippen molar-refractivity contribution in [1.82, 2.24) is 14.7 Å². The Morgan fingerprint density at radius 2 is 1.78 bits per heavy atom. The summed E-state index contributed by atoms with van der Waals surface area (Å²) in [5.41, 5.74) is 3.48. The topological polar surface area (TPSA) is 58.4 Å². The van der Waals surface area contributed by atoms with E-state index in [0.717, 1.165) is 29.1 Å². The lowest BCUT2D eigenvalue weighted by Gasteiger charge is -2.20. The summed E-state index contributed by atoms with van der Waals surface area (Å²) in [6.45, 7) is 3.88. The minimum atomic E-state index is -0.715. The fourth-order valence-corrected chi connectivity index (χ4v) is 3.68. The Morgan fingerprint density at radius 1 is 1.11 bits per heavy atom. The number of aliphatic carboxylic acids is 1. The molecule has 5 heteroatoms. The third kappa shape index (κ3) is 3.51. The van der Waals surface area contributed by atoms with Gasteiger partial charge in [0.05, 0.1) is 16.8 Å².